The Labute approximate surface area is 170 Å². The fourth-order valence-corrected chi connectivity index (χ4v) is 3.96. The first-order chi connectivity index (χ1) is 13.7. The number of carbonyl (C=O) groups excluding carboxylic acids is 1. The average Bonchev–Trinajstić information content (AvgIpc) is 3.11. The molecule has 0 atom stereocenters. The number of imidazole rings is 1. The number of nitrogens with zero attached hydrogens (tertiary/aromatic N) is 3. The second kappa shape index (κ2) is 8.23. The van der Waals surface area contributed by atoms with E-state index in [1.165, 1.54) is 24.9 Å². The number of pyridine rings is 1. The molecule has 6 heteroatoms. The van der Waals surface area contributed by atoms with E-state index in [1.807, 2.05) is 13.0 Å². The van der Waals surface area contributed by atoms with Gasteiger partial charge in [-0.05, 0) is 55.5 Å². The molecule has 5 nitrogen and oxygen atoms in total. The number of aryl methyl sites for hydroxylation is 1. The van der Waals surface area contributed by atoms with Gasteiger partial charge in [-0.3, -0.25) is 9.20 Å². The Hall–Kier alpha value is -2.53. The molecule has 28 heavy (non-hydrogen) atoms. The molecule has 2 aromatic heterocycles. The van der Waals surface area contributed by atoms with Crippen LogP contribution in [-0.2, 0) is 13.0 Å². The van der Waals surface area contributed by atoms with Crippen molar-refractivity contribution in [2.45, 2.75) is 39.2 Å². The van der Waals surface area contributed by atoms with Gasteiger partial charge in [-0.25, -0.2) is 4.98 Å². The van der Waals surface area contributed by atoms with Crippen molar-refractivity contribution in [3.8, 4) is 0 Å². The standard InChI is InChI=1S/C22H25ClN4O/c1-2-19-21(27-15-17(23)8-11-20(27)25-19)22(28)24-14-16-6-9-18(10-7-16)26-12-4-3-5-13-26/h6-11,15H,2-5,12-14H2,1H3,(H,24,28). The lowest BCUT2D eigenvalue weighted by molar-refractivity contribution is 0.0944. The molecular weight excluding hydrogens is 372 g/mol. The number of aromatic nitrogens is 2. The minimum absolute atomic E-state index is 0.133. The summed E-state index contributed by atoms with van der Waals surface area (Å²) in [6.45, 7) is 4.75. The van der Waals surface area contributed by atoms with Gasteiger partial charge in [0, 0.05) is 31.5 Å². The van der Waals surface area contributed by atoms with Crippen LogP contribution in [0.5, 0.6) is 0 Å². The molecule has 3 heterocycles. The van der Waals surface area contributed by atoms with Crippen molar-refractivity contribution < 1.29 is 4.79 Å². The van der Waals surface area contributed by atoms with E-state index in [4.69, 9.17) is 11.6 Å². The summed E-state index contributed by atoms with van der Waals surface area (Å²) in [5.74, 6) is -0.133. The Morgan fingerprint density at radius 2 is 1.86 bits per heavy atom. The normalized spacial score (nSPS) is 14.4. The van der Waals surface area contributed by atoms with Crippen LogP contribution in [0.25, 0.3) is 5.65 Å². The van der Waals surface area contributed by atoms with Crippen LogP contribution in [0.2, 0.25) is 5.02 Å². The van der Waals surface area contributed by atoms with Crippen molar-refractivity contribution in [1.82, 2.24) is 14.7 Å². The molecule has 1 saturated heterocycles. The molecule has 0 radical (unpaired) electrons. The number of anilines is 1. The number of benzene rings is 1. The first-order valence-corrected chi connectivity index (χ1v) is 10.3. The third-order valence-corrected chi connectivity index (χ3v) is 5.54. The number of hydrogen-bond donors (Lipinski definition) is 1. The number of fused-ring (bicyclic) bond motifs is 1. The van der Waals surface area contributed by atoms with E-state index in [1.54, 1.807) is 16.7 Å². The molecule has 1 fully saturated rings. The fourth-order valence-electron chi connectivity index (χ4n) is 3.80. The number of halogens is 1. The minimum atomic E-state index is -0.133. The maximum Gasteiger partial charge on any atom is 0.270 e. The largest absolute Gasteiger partial charge is 0.372 e. The summed E-state index contributed by atoms with van der Waals surface area (Å²) in [7, 11) is 0. The molecule has 0 spiro atoms. The van der Waals surface area contributed by atoms with Crippen LogP contribution in [0.15, 0.2) is 42.6 Å². The second-order valence-electron chi connectivity index (χ2n) is 7.23. The Balaban J connectivity index is 1.47. The number of nitrogens with one attached hydrogen (secondary N) is 1. The average molecular weight is 397 g/mol. The van der Waals surface area contributed by atoms with Crippen LogP contribution >= 0.6 is 11.6 Å². The van der Waals surface area contributed by atoms with Crippen molar-refractivity contribution in [3.05, 3.63) is 64.6 Å². The van der Waals surface area contributed by atoms with Gasteiger partial charge in [-0.2, -0.15) is 0 Å². The second-order valence-corrected chi connectivity index (χ2v) is 7.67. The molecule has 1 aliphatic heterocycles. The van der Waals surface area contributed by atoms with Crippen molar-refractivity contribution in [2.75, 3.05) is 18.0 Å². The zero-order valence-electron chi connectivity index (χ0n) is 16.1. The molecule has 1 aliphatic rings. The SMILES string of the molecule is CCc1nc2ccc(Cl)cn2c1C(=O)NCc1ccc(N2CCCCC2)cc1. The van der Waals surface area contributed by atoms with Gasteiger partial charge in [0.05, 0.1) is 10.7 Å². The monoisotopic (exact) mass is 396 g/mol. The Morgan fingerprint density at radius 1 is 1.11 bits per heavy atom. The summed E-state index contributed by atoms with van der Waals surface area (Å²) in [4.78, 5) is 19.9. The van der Waals surface area contributed by atoms with Crippen molar-refractivity contribution in [2.24, 2.45) is 0 Å². The lowest BCUT2D eigenvalue weighted by Crippen LogP contribution is -2.29. The third-order valence-electron chi connectivity index (χ3n) is 5.32. The van der Waals surface area contributed by atoms with Crippen molar-refractivity contribution in [1.29, 1.82) is 0 Å². The Morgan fingerprint density at radius 3 is 2.57 bits per heavy atom. The highest BCUT2D eigenvalue weighted by atomic mass is 35.5. The lowest BCUT2D eigenvalue weighted by Gasteiger charge is -2.28. The molecule has 1 amide bonds. The first-order valence-electron chi connectivity index (χ1n) is 9.94. The first kappa shape index (κ1) is 18.8. The predicted octanol–water partition coefficient (Wildman–Crippen LogP) is 4.47. The van der Waals surface area contributed by atoms with Gasteiger partial charge >= 0.3 is 0 Å². The molecule has 1 aromatic carbocycles. The van der Waals surface area contributed by atoms with E-state index in [9.17, 15) is 4.79 Å². The van der Waals surface area contributed by atoms with Crippen LogP contribution in [0, 0.1) is 0 Å². The predicted molar refractivity (Wildman–Crippen MR) is 113 cm³/mol. The third kappa shape index (κ3) is 3.85. The molecule has 1 N–H and O–H groups in total. The molecule has 4 rings (SSSR count). The van der Waals surface area contributed by atoms with Crippen LogP contribution in [0.4, 0.5) is 5.69 Å². The van der Waals surface area contributed by atoms with E-state index in [2.05, 4.69) is 39.5 Å². The van der Waals surface area contributed by atoms with Crippen molar-refractivity contribution >= 4 is 28.8 Å². The molecule has 3 aromatic rings. The summed E-state index contributed by atoms with van der Waals surface area (Å²) in [5.41, 5.74) is 4.42. The van der Waals surface area contributed by atoms with Gasteiger partial charge in [0.2, 0.25) is 0 Å². The quantitative estimate of drug-likeness (QED) is 0.692. The van der Waals surface area contributed by atoms with E-state index in [0.717, 1.165) is 30.0 Å². The summed E-state index contributed by atoms with van der Waals surface area (Å²) >= 11 is 6.12. The summed E-state index contributed by atoms with van der Waals surface area (Å²) in [5, 5.41) is 3.61. The highest BCUT2D eigenvalue weighted by Crippen LogP contribution is 2.21. The van der Waals surface area contributed by atoms with Gasteiger partial charge in [-0.1, -0.05) is 30.7 Å². The molecular formula is C22H25ClN4O. The van der Waals surface area contributed by atoms with E-state index in [0.29, 0.717) is 23.7 Å². The molecule has 146 valence electrons. The molecule has 0 aliphatic carbocycles. The van der Waals surface area contributed by atoms with Crippen LogP contribution in [0.1, 0.15) is 47.9 Å². The maximum absolute atomic E-state index is 12.9. The van der Waals surface area contributed by atoms with E-state index in [-0.39, 0.29) is 5.91 Å². The van der Waals surface area contributed by atoms with E-state index < -0.39 is 0 Å². The number of hydrogen-bond acceptors (Lipinski definition) is 3. The van der Waals surface area contributed by atoms with Gasteiger partial charge in [-0.15, -0.1) is 0 Å². The van der Waals surface area contributed by atoms with Crippen molar-refractivity contribution in [3.63, 3.8) is 0 Å². The number of amides is 1. The molecule has 0 bridgehead atoms. The summed E-state index contributed by atoms with van der Waals surface area (Å²) in [6.07, 6.45) is 6.29. The number of piperidine rings is 1. The lowest BCUT2D eigenvalue weighted by atomic mass is 10.1. The van der Waals surface area contributed by atoms with Crippen LogP contribution in [-0.4, -0.2) is 28.4 Å². The van der Waals surface area contributed by atoms with E-state index >= 15 is 0 Å². The number of carbonyl (C=O) groups is 1. The summed E-state index contributed by atoms with van der Waals surface area (Å²) in [6, 6.07) is 12.1. The van der Waals surface area contributed by atoms with Crippen LogP contribution < -0.4 is 10.2 Å². The topological polar surface area (TPSA) is 49.6 Å². The zero-order chi connectivity index (χ0) is 19.5. The Kier molecular flexibility index (Phi) is 5.53. The smallest absolute Gasteiger partial charge is 0.270 e. The van der Waals surface area contributed by atoms with Gasteiger partial charge in [0.1, 0.15) is 11.3 Å². The highest BCUT2D eigenvalue weighted by molar-refractivity contribution is 6.30. The summed E-state index contributed by atoms with van der Waals surface area (Å²) < 4.78 is 1.77. The number of rotatable bonds is 5. The fraction of sp³-hybridized carbons (Fsp3) is 0.364. The maximum atomic E-state index is 12.9. The van der Waals surface area contributed by atoms with Gasteiger partial charge in [0.25, 0.3) is 5.91 Å². The van der Waals surface area contributed by atoms with Gasteiger partial charge in [0.15, 0.2) is 0 Å². The molecule has 0 saturated carbocycles. The zero-order valence-corrected chi connectivity index (χ0v) is 16.9. The highest BCUT2D eigenvalue weighted by Gasteiger charge is 2.18. The Bertz CT molecular complexity index is 974. The van der Waals surface area contributed by atoms with Crippen LogP contribution in [0.3, 0.4) is 0 Å². The molecule has 0 unspecified atom stereocenters. The van der Waals surface area contributed by atoms with Gasteiger partial charge < -0.3 is 10.2 Å². The minimum Gasteiger partial charge on any atom is -0.372 e.